The van der Waals surface area contributed by atoms with Gasteiger partial charge in [0.05, 0.1) is 17.2 Å². The van der Waals surface area contributed by atoms with Crippen molar-refractivity contribution in [3.05, 3.63) is 76.3 Å². The number of aromatic nitrogens is 2. The molecular weight excluding hydrogens is 326 g/mol. The van der Waals surface area contributed by atoms with Crippen molar-refractivity contribution >= 4 is 16.8 Å². The summed E-state index contributed by atoms with van der Waals surface area (Å²) in [7, 11) is 0. The molecule has 1 aromatic heterocycles. The molecule has 2 aromatic carbocycles. The van der Waals surface area contributed by atoms with Crippen LogP contribution < -0.4 is 10.9 Å². The van der Waals surface area contributed by atoms with Crippen LogP contribution in [0.1, 0.15) is 24.5 Å². The Balaban J connectivity index is 1.58. The van der Waals surface area contributed by atoms with Gasteiger partial charge >= 0.3 is 0 Å². The van der Waals surface area contributed by atoms with E-state index in [1.807, 2.05) is 31.2 Å². The van der Waals surface area contributed by atoms with E-state index >= 15 is 0 Å². The minimum atomic E-state index is -0.114. The standard InChI is InChI=1S/C21H23N3O2/c1-15-7-3-4-8-17(15)13-16(2)23-20(25)11-12-24-14-22-19-10-6-5-9-18(19)21(24)26/h3-10,14,16H,11-13H2,1-2H3,(H,23,25)/t16-/m0/s1. The smallest absolute Gasteiger partial charge is 0.261 e. The first kappa shape index (κ1) is 17.9. The molecule has 5 nitrogen and oxygen atoms in total. The lowest BCUT2D eigenvalue weighted by atomic mass is 10.0. The van der Waals surface area contributed by atoms with Crippen LogP contribution in [-0.4, -0.2) is 21.5 Å². The number of benzene rings is 2. The highest BCUT2D eigenvalue weighted by Crippen LogP contribution is 2.10. The minimum absolute atomic E-state index is 0.0371. The molecule has 26 heavy (non-hydrogen) atoms. The molecule has 1 N–H and O–H groups in total. The Morgan fingerprint density at radius 3 is 2.69 bits per heavy atom. The van der Waals surface area contributed by atoms with Gasteiger partial charge in [0.25, 0.3) is 5.56 Å². The predicted octanol–water partition coefficient (Wildman–Crippen LogP) is 2.84. The van der Waals surface area contributed by atoms with E-state index in [1.54, 1.807) is 12.1 Å². The summed E-state index contributed by atoms with van der Waals surface area (Å²) < 4.78 is 1.49. The van der Waals surface area contributed by atoms with E-state index in [2.05, 4.69) is 29.4 Å². The van der Waals surface area contributed by atoms with Gasteiger partial charge < -0.3 is 5.32 Å². The zero-order valence-corrected chi connectivity index (χ0v) is 15.1. The van der Waals surface area contributed by atoms with Gasteiger partial charge in [-0.15, -0.1) is 0 Å². The summed E-state index contributed by atoms with van der Waals surface area (Å²) >= 11 is 0. The first-order valence-corrected chi connectivity index (χ1v) is 8.82. The summed E-state index contributed by atoms with van der Waals surface area (Å²) in [6.07, 6.45) is 2.54. The highest BCUT2D eigenvalue weighted by atomic mass is 16.2. The number of hydrogen-bond donors (Lipinski definition) is 1. The Morgan fingerprint density at radius 1 is 1.15 bits per heavy atom. The molecule has 0 aliphatic carbocycles. The number of rotatable bonds is 6. The number of nitrogens with zero attached hydrogens (tertiary/aromatic N) is 2. The van der Waals surface area contributed by atoms with Crippen LogP contribution in [0.15, 0.2) is 59.7 Å². The molecule has 1 atom stereocenters. The third-order valence-corrected chi connectivity index (χ3v) is 4.51. The summed E-state index contributed by atoms with van der Waals surface area (Å²) in [5, 5.41) is 3.58. The van der Waals surface area contributed by atoms with Crippen molar-refractivity contribution in [3.63, 3.8) is 0 Å². The molecule has 3 rings (SSSR count). The molecule has 1 heterocycles. The van der Waals surface area contributed by atoms with E-state index < -0.39 is 0 Å². The van der Waals surface area contributed by atoms with E-state index in [-0.39, 0.29) is 23.9 Å². The number of hydrogen-bond acceptors (Lipinski definition) is 3. The van der Waals surface area contributed by atoms with Gasteiger partial charge in [0.2, 0.25) is 5.91 Å². The number of aryl methyl sites for hydroxylation is 2. The average Bonchev–Trinajstić information content (AvgIpc) is 2.63. The zero-order chi connectivity index (χ0) is 18.5. The fourth-order valence-corrected chi connectivity index (χ4v) is 3.05. The van der Waals surface area contributed by atoms with Gasteiger partial charge in [-0.2, -0.15) is 0 Å². The molecule has 0 spiro atoms. The van der Waals surface area contributed by atoms with Crippen LogP contribution in [0, 0.1) is 6.92 Å². The molecule has 0 radical (unpaired) electrons. The number of carbonyl (C=O) groups excluding carboxylic acids is 1. The van der Waals surface area contributed by atoms with Gasteiger partial charge in [-0.25, -0.2) is 4.98 Å². The fraction of sp³-hybridized carbons (Fsp3) is 0.286. The SMILES string of the molecule is Cc1ccccc1C[C@H](C)NC(=O)CCn1cnc2ccccc2c1=O. The Morgan fingerprint density at radius 2 is 1.88 bits per heavy atom. The summed E-state index contributed by atoms with van der Waals surface area (Å²) in [5.41, 5.74) is 3.01. The van der Waals surface area contributed by atoms with Crippen molar-refractivity contribution in [1.82, 2.24) is 14.9 Å². The average molecular weight is 349 g/mol. The summed E-state index contributed by atoms with van der Waals surface area (Å²) in [5.74, 6) is -0.0638. The zero-order valence-electron chi connectivity index (χ0n) is 15.1. The summed E-state index contributed by atoms with van der Waals surface area (Å²) in [4.78, 5) is 28.9. The van der Waals surface area contributed by atoms with Crippen molar-refractivity contribution < 1.29 is 4.79 Å². The second-order valence-electron chi connectivity index (χ2n) is 6.61. The van der Waals surface area contributed by atoms with E-state index in [4.69, 9.17) is 0 Å². The van der Waals surface area contributed by atoms with Crippen LogP contribution in [-0.2, 0) is 17.8 Å². The largest absolute Gasteiger partial charge is 0.353 e. The summed E-state index contributed by atoms with van der Waals surface area (Å²) in [6.45, 7) is 4.39. The number of amides is 1. The van der Waals surface area contributed by atoms with Gasteiger partial charge in [-0.3, -0.25) is 14.2 Å². The van der Waals surface area contributed by atoms with E-state index in [1.165, 1.54) is 22.0 Å². The Labute approximate surface area is 152 Å². The molecule has 0 aliphatic heterocycles. The molecule has 3 aromatic rings. The maximum absolute atomic E-state index is 12.4. The number of nitrogens with one attached hydrogen (secondary N) is 1. The number of para-hydroxylation sites is 1. The van der Waals surface area contributed by atoms with Gasteiger partial charge in [-0.05, 0) is 43.5 Å². The van der Waals surface area contributed by atoms with E-state index in [9.17, 15) is 9.59 Å². The molecule has 0 fully saturated rings. The number of carbonyl (C=O) groups is 1. The van der Waals surface area contributed by atoms with Crippen molar-refractivity contribution in [2.75, 3.05) is 0 Å². The molecule has 1 amide bonds. The molecular formula is C21H23N3O2. The highest BCUT2D eigenvalue weighted by molar-refractivity contribution is 5.77. The third kappa shape index (κ3) is 4.17. The lowest BCUT2D eigenvalue weighted by Crippen LogP contribution is -2.35. The molecule has 0 aliphatic rings. The van der Waals surface area contributed by atoms with E-state index in [0.29, 0.717) is 17.4 Å². The van der Waals surface area contributed by atoms with Gasteiger partial charge in [0, 0.05) is 19.0 Å². The predicted molar refractivity (Wildman–Crippen MR) is 103 cm³/mol. The minimum Gasteiger partial charge on any atom is -0.353 e. The molecule has 0 unspecified atom stereocenters. The number of fused-ring (bicyclic) bond motifs is 1. The molecule has 134 valence electrons. The van der Waals surface area contributed by atoms with Gasteiger partial charge in [0.15, 0.2) is 0 Å². The first-order valence-electron chi connectivity index (χ1n) is 8.82. The Bertz CT molecular complexity index is 978. The van der Waals surface area contributed by atoms with Crippen LogP contribution >= 0.6 is 0 Å². The van der Waals surface area contributed by atoms with Crippen molar-refractivity contribution in [1.29, 1.82) is 0 Å². The van der Waals surface area contributed by atoms with Crippen LogP contribution in [0.5, 0.6) is 0 Å². The van der Waals surface area contributed by atoms with Crippen LogP contribution in [0.4, 0.5) is 0 Å². The van der Waals surface area contributed by atoms with Crippen molar-refractivity contribution in [2.45, 2.75) is 39.3 Å². The molecule has 0 saturated heterocycles. The fourth-order valence-electron chi connectivity index (χ4n) is 3.05. The maximum Gasteiger partial charge on any atom is 0.261 e. The second-order valence-corrected chi connectivity index (χ2v) is 6.61. The lowest BCUT2D eigenvalue weighted by Gasteiger charge is -2.15. The second kappa shape index (κ2) is 7.95. The van der Waals surface area contributed by atoms with Crippen molar-refractivity contribution in [3.8, 4) is 0 Å². The van der Waals surface area contributed by atoms with Crippen LogP contribution in [0.25, 0.3) is 10.9 Å². The Hall–Kier alpha value is -2.95. The van der Waals surface area contributed by atoms with Crippen molar-refractivity contribution in [2.24, 2.45) is 0 Å². The first-order chi connectivity index (χ1) is 12.5. The van der Waals surface area contributed by atoms with E-state index in [0.717, 1.165) is 6.42 Å². The summed E-state index contributed by atoms with van der Waals surface area (Å²) in [6, 6.07) is 15.4. The van der Waals surface area contributed by atoms with Crippen LogP contribution in [0.2, 0.25) is 0 Å². The maximum atomic E-state index is 12.4. The monoisotopic (exact) mass is 349 g/mol. The lowest BCUT2D eigenvalue weighted by molar-refractivity contribution is -0.121. The molecule has 0 bridgehead atoms. The Kier molecular flexibility index (Phi) is 5.46. The molecule has 0 saturated carbocycles. The highest BCUT2D eigenvalue weighted by Gasteiger charge is 2.10. The van der Waals surface area contributed by atoms with Crippen LogP contribution in [0.3, 0.4) is 0 Å². The quantitative estimate of drug-likeness (QED) is 0.744. The van der Waals surface area contributed by atoms with Gasteiger partial charge in [-0.1, -0.05) is 36.4 Å². The van der Waals surface area contributed by atoms with Gasteiger partial charge in [0.1, 0.15) is 0 Å². The molecule has 5 heteroatoms. The normalized spacial score (nSPS) is 12.1. The topological polar surface area (TPSA) is 64.0 Å². The third-order valence-electron chi connectivity index (χ3n) is 4.51.